The second-order valence-electron chi connectivity index (χ2n) is 9.75. The molecule has 0 unspecified atom stereocenters. The monoisotopic (exact) mass is 466 g/mol. The Morgan fingerprint density at radius 2 is 1.79 bits per heavy atom. The van der Waals surface area contributed by atoms with Crippen molar-refractivity contribution in [2.75, 3.05) is 0 Å². The molecule has 3 heterocycles. The second kappa shape index (κ2) is 8.62. The highest BCUT2D eigenvalue weighted by Gasteiger charge is 2.30. The average molecular weight is 467 g/mol. The van der Waals surface area contributed by atoms with Crippen LogP contribution in [0.2, 0.25) is 0 Å². The fourth-order valence-corrected chi connectivity index (χ4v) is 6.92. The van der Waals surface area contributed by atoms with Gasteiger partial charge < -0.3 is 0 Å². The highest BCUT2D eigenvalue weighted by molar-refractivity contribution is 7.15. The zero-order valence-electron chi connectivity index (χ0n) is 20.1. The molecule has 0 bridgehead atoms. The number of aryl methyl sites for hydroxylation is 4. The number of nitrogens with zero attached hydrogens (tertiary/aromatic N) is 4. The number of hydrogen-bond acceptors (Lipinski definition) is 4. The molecule has 0 spiro atoms. The highest BCUT2D eigenvalue weighted by Crippen LogP contribution is 2.41. The van der Waals surface area contributed by atoms with Crippen LogP contribution in [0.25, 0.3) is 5.00 Å². The van der Waals surface area contributed by atoms with Gasteiger partial charge in [-0.05, 0) is 67.2 Å². The maximum Gasteiger partial charge on any atom is 0.160 e. The largest absolute Gasteiger partial charge is 0.276 e. The zero-order valence-corrected chi connectivity index (χ0v) is 21.0. The number of aliphatic imine (C=N–C) groups is 1. The minimum Gasteiger partial charge on any atom is -0.276 e. The molecule has 1 aliphatic heterocycles. The lowest BCUT2D eigenvalue weighted by Gasteiger charge is -2.13. The number of rotatable bonds is 5. The van der Waals surface area contributed by atoms with Gasteiger partial charge in [0.25, 0.3) is 0 Å². The number of hydrogen-bond donors (Lipinski definition) is 0. The number of thiophene rings is 1. The van der Waals surface area contributed by atoms with Gasteiger partial charge in [-0.15, -0.1) is 21.5 Å². The van der Waals surface area contributed by atoms with Crippen LogP contribution in [0.15, 0.2) is 53.5 Å². The van der Waals surface area contributed by atoms with Gasteiger partial charge >= 0.3 is 0 Å². The molecule has 2 aromatic heterocycles. The smallest absolute Gasteiger partial charge is 0.160 e. The molecule has 5 heteroatoms. The molecule has 0 fully saturated rings. The first-order valence-electron chi connectivity index (χ1n) is 12.4. The van der Waals surface area contributed by atoms with Gasteiger partial charge in [-0.1, -0.05) is 62.4 Å². The lowest BCUT2D eigenvalue weighted by atomic mass is 9.92. The number of benzene rings is 2. The van der Waals surface area contributed by atoms with E-state index in [1.54, 1.807) is 0 Å². The fourth-order valence-electron chi connectivity index (χ4n) is 5.46. The molecule has 2 aliphatic rings. The molecule has 0 radical (unpaired) electrons. The molecular formula is C29H30N4S. The van der Waals surface area contributed by atoms with Crippen LogP contribution in [0.3, 0.4) is 0 Å². The lowest BCUT2D eigenvalue weighted by Crippen LogP contribution is -2.08. The summed E-state index contributed by atoms with van der Waals surface area (Å²) in [5.41, 5.74) is 9.44. The van der Waals surface area contributed by atoms with Gasteiger partial charge in [0, 0.05) is 16.0 Å². The Hall–Kier alpha value is -3.05. The second-order valence-corrected chi connectivity index (χ2v) is 10.8. The molecule has 34 heavy (non-hydrogen) atoms. The van der Waals surface area contributed by atoms with Crippen molar-refractivity contribution >= 4 is 17.0 Å². The molecular weight excluding hydrogens is 436 g/mol. The molecule has 0 saturated heterocycles. The van der Waals surface area contributed by atoms with Crippen LogP contribution < -0.4 is 0 Å². The fraction of sp³-hybridized carbons (Fsp3) is 0.345. The van der Waals surface area contributed by atoms with E-state index in [1.165, 1.54) is 56.1 Å². The van der Waals surface area contributed by atoms with Crippen LogP contribution in [0.1, 0.15) is 76.1 Å². The summed E-state index contributed by atoms with van der Waals surface area (Å²) in [4.78, 5) is 6.61. The Morgan fingerprint density at radius 3 is 2.62 bits per heavy atom. The van der Waals surface area contributed by atoms with Gasteiger partial charge in [0.1, 0.15) is 17.4 Å². The normalized spacial score (nSPS) is 14.5. The summed E-state index contributed by atoms with van der Waals surface area (Å²) in [7, 11) is 0. The summed E-state index contributed by atoms with van der Waals surface area (Å²) in [5, 5.41) is 10.0. The molecule has 1 aliphatic carbocycles. The van der Waals surface area contributed by atoms with E-state index in [0.717, 1.165) is 36.6 Å². The van der Waals surface area contributed by atoms with Crippen molar-refractivity contribution in [3.05, 3.63) is 98.4 Å². The standard InChI is InChI=1S/C29H30N4S/c1-18(2)23-8-5-4-7-21(23)14-11-20-12-15-22(16-13-20)28-27-24-9-6-10-25(24)34-29(27)33-19(3)31-32-26(33)17-30-28/h4-5,7-8,12-13,15-16,18H,6,9-11,14,17H2,1-3H3. The molecule has 4 aromatic rings. The van der Waals surface area contributed by atoms with E-state index in [2.05, 4.69) is 77.1 Å². The van der Waals surface area contributed by atoms with Crippen molar-refractivity contribution in [2.24, 2.45) is 4.99 Å². The Balaban J connectivity index is 1.31. The van der Waals surface area contributed by atoms with Crippen LogP contribution in [0, 0.1) is 6.92 Å². The first-order valence-corrected chi connectivity index (χ1v) is 13.2. The van der Waals surface area contributed by atoms with Crippen molar-refractivity contribution < 1.29 is 0 Å². The summed E-state index contributed by atoms with van der Waals surface area (Å²) < 4.78 is 2.23. The predicted molar refractivity (Wildman–Crippen MR) is 140 cm³/mol. The minimum absolute atomic E-state index is 0.557. The molecule has 6 rings (SSSR count). The van der Waals surface area contributed by atoms with E-state index in [9.17, 15) is 0 Å². The molecule has 0 N–H and O–H groups in total. The summed E-state index contributed by atoms with van der Waals surface area (Å²) in [6.45, 7) is 7.17. The van der Waals surface area contributed by atoms with E-state index in [4.69, 9.17) is 4.99 Å². The Labute approximate surface area is 205 Å². The van der Waals surface area contributed by atoms with Crippen LogP contribution in [-0.2, 0) is 32.2 Å². The van der Waals surface area contributed by atoms with Crippen LogP contribution >= 0.6 is 11.3 Å². The third kappa shape index (κ3) is 3.63. The van der Waals surface area contributed by atoms with Crippen molar-refractivity contribution in [3.63, 3.8) is 0 Å². The van der Waals surface area contributed by atoms with Gasteiger partial charge in [0.05, 0.1) is 5.71 Å². The minimum atomic E-state index is 0.557. The average Bonchev–Trinajstić information content (AvgIpc) is 3.51. The summed E-state index contributed by atoms with van der Waals surface area (Å²) in [5.74, 6) is 2.45. The maximum absolute atomic E-state index is 5.09. The van der Waals surface area contributed by atoms with E-state index in [1.807, 2.05) is 18.3 Å². The molecule has 2 aromatic carbocycles. The van der Waals surface area contributed by atoms with Crippen LogP contribution in [-0.4, -0.2) is 20.5 Å². The first-order chi connectivity index (χ1) is 16.6. The summed E-state index contributed by atoms with van der Waals surface area (Å²) >= 11 is 1.91. The summed E-state index contributed by atoms with van der Waals surface area (Å²) in [6, 6.07) is 18.0. The molecule has 0 saturated carbocycles. The van der Waals surface area contributed by atoms with E-state index in [0.29, 0.717) is 12.5 Å². The number of aromatic nitrogens is 3. The maximum atomic E-state index is 5.09. The molecule has 0 atom stereocenters. The molecule has 4 nitrogen and oxygen atoms in total. The third-order valence-corrected chi connectivity index (χ3v) is 8.48. The zero-order chi connectivity index (χ0) is 23.2. The molecule has 0 amide bonds. The van der Waals surface area contributed by atoms with E-state index in [-0.39, 0.29) is 0 Å². The van der Waals surface area contributed by atoms with Gasteiger partial charge in [0.2, 0.25) is 0 Å². The SMILES string of the molecule is Cc1nnc2n1-c1sc3c(c1C(c1ccc(CCc4ccccc4C(C)C)cc1)=NC2)CCC3. The Bertz CT molecular complexity index is 1390. The van der Waals surface area contributed by atoms with Crippen molar-refractivity contribution in [3.8, 4) is 5.00 Å². The van der Waals surface area contributed by atoms with E-state index >= 15 is 0 Å². The Kier molecular flexibility index (Phi) is 5.45. The third-order valence-electron chi connectivity index (χ3n) is 7.20. The number of fused-ring (bicyclic) bond motifs is 5. The summed E-state index contributed by atoms with van der Waals surface area (Å²) in [6.07, 6.45) is 5.68. The van der Waals surface area contributed by atoms with Crippen molar-refractivity contribution in [1.29, 1.82) is 0 Å². The van der Waals surface area contributed by atoms with Crippen LogP contribution in [0.5, 0.6) is 0 Å². The topological polar surface area (TPSA) is 43.1 Å². The highest BCUT2D eigenvalue weighted by atomic mass is 32.1. The first kappa shape index (κ1) is 21.5. The van der Waals surface area contributed by atoms with Gasteiger partial charge in [-0.25, -0.2) is 0 Å². The predicted octanol–water partition coefficient (Wildman–Crippen LogP) is 6.39. The molecule has 172 valence electrons. The van der Waals surface area contributed by atoms with Crippen molar-refractivity contribution in [2.45, 2.75) is 65.3 Å². The van der Waals surface area contributed by atoms with Crippen LogP contribution in [0.4, 0.5) is 0 Å². The van der Waals surface area contributed by atoms with E-state index < -0.39 is 0 Å². The van der Waals surface area contributed by atoms with Gasteiger partial charge in [-0.2, -0.15) is 0 Å². The van der Waals surface area contributed by atoms with Crippen molar-refractivity contribution in [1.82, 2.24) is 14.8 Å². The quantitative estimate of drug-likeness (QED) is 0.342. The van der Waals surface area contributed by atoms with Gasteiger partial charge in [0.15, 0.2) is 5.82 Å². The lowest BCUT2D eigenvalue weighted by molar-refractivity contribution is 0.829. The van der Waals surface area contributed by atoms with Gasteiger partial charge in [-0.3, -0.25) is 9.56 Å². The Morgan fingerprint density at radius 1 is 0.971 bits per heavy atom.